The number of ether oxygens (including phenoxy) is 1. The van der Waals surface area contributed by atoms with Crippen LogP contribution in [0.2, 0.25) is 0 Å². The van der Waals surface area contributed by atoms with E-state index in [0.717, 1.165) is 18.3 Å². The summed E-state index contributed by atoms with van der Waals surface area (Å²) in [6.45, 7) is 0. The molecule has 0 N–H and O–H groups in total. The van der Waals surface area contributed by atoms with Crippen LogP contribution in [0, 0.1) is 7.14 Å². The Labute approximate surface area is 149 Å². The average Bonchev–Trinajstić information content (AvgIpc) is 2.83. The van der Waals surface area contributed by atoms with E-state index in [1.807, 2.05) is 48.5 Å². The molecule has 0 amide bonds. The summed E-state index contributed by atoms with van der Waals surface area (Å²) in [5, 5.41) is 0. The molecule has 0 unspecified atom stereocenters. The maximum absolute atomic E-state index is 11.9. The number of benzene rings is 2. The van der Waals surface area contributed by atoms with Crippen LogP contribution in [0.15, 0.2) is 59.2 Å². The van der Waals surface area contributed by atoms with Gasteiger partial charge >= 0.3 is 5.97 Å². The van der Waals surface area contributed by atoms with E-state index >= 15 is 0 Å². The average molecular weight is 501 g/mol. The van der Waals surface area contributed by atoms with Crippen LogP contribution < -0.4 is 0 Å². The molecule has 0 atom stereocenters. The maximum atomic E-state index is 11.9. The van der Waals surface area contributed by atoms with Crippen molar-refractivity contribution in [3.8, 4) is 0 Å². The molecular weight excluding hydrogens is 492 g/mol. The van der Waals surface area contributed by atoms with Gasteiger partial charge in [0.2, 0.25) is 5.90 Å². The first-order chi connectivity index (χ1) is 10.1. The lowest BCUT2D eigenvalue weighted by Crippen LogP contribution is -2.05. The molecule has 0 radical (unpaired) electrons. The first-order valence-electron chi connectivity index (χ1n) is 6.16. The summed E-state index contributed by atoms with van der Waals surface area (Å²) in [5.74, 6) is -0.0577. The molecule has 2 aromatic carbocycles. The Bertz CT molecular complexity index is 764. The molecule has 3 nitrogen and oxygen atoms in total. The fourth-order valence-corrected chi connectivity index (χ4v) is 2.77. The molecular formula is C16H9I2NO2. The molecule has 1 aliphatic rings. The zero-order chi connectivity index (χ0) is 14.8. The predicted octanol–water partition coefficient (Wildman–Crippen LogP) is 4.24. The number of hydrogen-bond acceptors (Lipinski definition) is 3. The van der Waals surface area contributed by atoms with Gasteiger partial charge in [0.1, 0.15) is 0 Å². The minimum absolute atomic E-state index is 0.324. The summed E-state index contributed by atoms with van der Waals surface area (Å²) in [6, 6.07) is 15.6. The number of esters is 1. The largest absolute Gasteiger partial charge is 0.402 e. The molecule has 0 spiro atoms. The molecule has 0 aromatic heterocycles. The van der Waals surface area contributed by atoms with E-state index in [9.17, 15) is 4.79 Å². The van der Waals surface area contributed by atoms with Crippen LogP contribution in [-0.2, 0) is 9.53 Å². The zero-order valence-corrected chi connectivity index (χ0v) is 15.0. The molecule has 0 aliphatic carbocycles. The maximum Gasteiger partial charge on any atom is 0.363 e. The molecule has 0 bridgehead atoms. The predicted molar refractivity (Wildman–Crippen MR) is 98.9 cm³/mol. The smallest absolute Gasteiger partial charge is 0.363 e. The van der Waals surface area contributed by atoms with Gasteiger partial charge in [0, 0.05) is 12.7 Å². The van der Waals surface area contributed by atoms with Gasteiger partial charge in [-0.25, -0.2) is 9.79 Å². The van der Waals surface area contributed by atoms with Crippen LogP contribution >= 0.6 is 45.2 Å². The third-order valence-electron chi connectivity index (χ3n) is 2.87. The van der Waals surface area contributed by atoms with E-state index < -0.39 is 5.97 Å². The highest BCUT2D eigenvalue weighted by Crippen LogP contribution is 2.20. The third kappa shape index (κ3) is 3.52. The third-order valence-corrected chi connectivity index (χ3v) is 4.26. The van der Waals surface area contributed by atoms with Gasteiger partial charge in [0.15, 0.2) is 5.70 Å². The van der Waals surface area contributed by atoms with Crippen molar-refractivity contribution in [2.75, 3.05) is 0 Å². The first-order valence-corrected chi connectivity index (χ1v) is 8.32. The Kier molecular flexibility index (Phi) is 4.39. The van der Waals surface area contributed by atoms with Crippen molar-refractivity contribution in [3.63, 3.8) is 0 Å². The Hall–Kier alpha value is -1.22. The Balaban J connectivity index is 1.93. The van der Waals surface area contributed by atoms with Gasteiger partial charge in [-0.15, -0.1) is 0 Å². The van der Waals surface area contributed by atoms with E-state index in [1.165, 1.54) is 0 Å². The van der Waals surface area contributed by atoms with Crippen molar-refractivity contribution in [2.24, 2.45) is 4.99 Å². The fraction of sp³-hybridized carbons (Fsp3) is 0. The first kappa shape index (κ1) is 14.7. The topological polar surface area (TPSA) is 38.7 Å². The van der Waals surface area contributed by atoms with Gasteiger partial charge in [-0.2, -0.15) is 0 Å². The standard InChI is InChI=1S/C16H9I2NO2/c17-12-6-4-10(5-7-12)8-14-16(20)21-15(19-14)11-2-1-3-13(18)9-11/h1-9H/b14-8-. The van der Waals surface area contributed by atoms with Crippen LogP contribution in [0.4, 0.5) is 0 Å². The molecule has 0 saturated heterocycles. The number of carbonyl (C=O) groups excluding carboxylic acids is 1. The molecule has 3 rings (SSSR count). The fourth-order valence-electron chi connectivity index (χ4n) is 1.87. The number of halogens is 2. The van der Waals surface area contributed by atoms with Crippen LogP contribution in [-0.4, -0.2) is 11.9 Å². The second kappa shape index (κ2) is 6.27. The molecule has 21 heavy (non-hydrogen) atoms. The minimum atomic E-state index is -0.414. The SMILES string of the molecule is O=C1OC(c2cccc(I)c2)=N/C1=C\c1ccc(I)cc1. The number of cyclic esters (lactones) is 1. The molecule has 2 aromatic rings. The second-order valence-electron chi connectivity index (χ2n) is 4.40. The lowest BCUT2D eigenvalue weighted by Gasteiger charge is -1.99. The van der Waals surface area contributed by atoms with E-state index in [-0.39, 0.29) is 0 Å². The van der Waals surface area contributed by atoms with Gasteiger partial charge in [0.05, 0.1) is 0 Å². The minimum Gasteiger partial charge on any atom is -0.402 e. The highest BCUT2D eigenvalue weighted by atomic mass is 127. The molecule has 104 valence electrons. The summed E-state index contributed by atoms with van der Waals surface area (Å²) in [4.78, 5) is 16.2. The van der Waals surface area contributed by atoms with Crippen LogP contribution in [0.1, 0.15) is 11.1 Å². The second-order valence-corrected chi connectivity index (χ2v) is 6.89. The van der Waals surface area contributed by atoms with Crippen LogP contribution in [0.5, 0.6) is 0 Å². The number of aliphatic imine (C=N–C) groups is 1. The Morgan fingerprint density at radius 2 is 1.76 bits per heavy atom. The van der Waals surface area contributed by atoms with E-state index in [2.05, 4.69) is 50.2 Å². The summed E-state index contributed by atoms with van der Waals surface area (Å²) < 4.78 is 7.46. The van der Waals surface area contributed by atoms with Gasteiger partial charge in [0.25, 0.3) is 0 Å². The van der Waals surface area contributed by atoms with E-state index in [4.69, 9.17) is 4.74 Å². The van der Waals surface area contributed by atoms with Gasteiger partial charge < -0.3 is 4.74 Å². The zero-order valence-electron chi connectivity index (χ0n) is 10.7. The van der Waals surface area contributed by atoms with E-state index in [0.29, 0.717) is 11.6 Å². The quantitative estimate of drug-likeness (QED) is 0.351. The normalized spacial score (nSPS) is 16.0. The van der Waals surface area contributed by atoms with Gasteiger partial charge in [-0.05, 0) is 87.2 Å². The molecule has 0 saturated carbocycles. The summed E-state index contributed by atoms with van der Waals surface area (Å²) in [5.41, 5.74) is 2.06. The molecule has 0 fully saturated rings. The number of hydrogen-bond donors (Lipinski definition) is 0. The summed E-state index contributed by atoms with van der Waals surface area (Å²) in [6.07, 6.45) is 1.74. The van der Waals surface area contributed by atoms with Crippen molar-refractivity contribution in [3.05, 3.63) is 72.5 Å². The molecule has 1 heterocycles. The molecule has 1 aliphatic heterocycles. The molecule has 5 heteroatoms. The number of rotatable bonds is 2. The lowest BCUT2D eigenvalue weighted by molar-refractivity contribution is -0.129. The Morgan fingerprint density at radius 3 is 2.48 bits per heavy atom. The van der Waals surface area contributed by atoms with Crippen molar-refractivity contribution >= 4 is 63.1 Å². The van der Waals surface area contributed by atoms with E-state index in [1.54, 1.807) is 6.08 Å². The summed E-state index contributed by atoms with van der Waals surface area (Å²) in [7, 11) is 0. The Morgan fingerprint density at radius 1 is 1.00 bits per heavy atom. The van der Waals surface area contributed by atoms with Crippen molar-refractivity contribution in [2.45, 2.75) is 0 Å². The highest BCUT2D eigenvalue weighted by Gasteiger charge is 2.24. The lowest BCUT2D eigenvalue weighted by atomic mass is 10.2. The monoisotopic (exact) mass is 501 g/mol. The van der Waals surface area contributed by atoms with Crippen LogP contribution in [0.3, 0.4) is 0 Å². The van der Waals surface area contributed by atoms with Gasteiger partial charge in [-0.1, -0.05) is 18.2 Å². The highest BCUT2D eigenvalue weighted by molar-refractivity contribution is 14.1. The van der Waals surface area contributed by atoms with Crippen molar-refractivity contribution in [1.82, 2.24) is 0 Å². The number of carbonyl (C=O) groups is 1. The number of nitrogens with zero attached hydrogens (tertiary/aromatic N) is 1. The van der Waals surface area contributed by atoms with Crippen molar-refractivity contribution < 1.29 is 9.53 Å². The van der Waals surface area contributed by atoms with Crippen LogP contribution in [0.25, 0.3) is 6.08 Å². The van der Waals surface area contributed by atoms with Crippen molar-refractivity contribution in [1.29, 1.82) is 0 Å². The summed E-state index contributed by atoms with van der Waals surface area (Å²) >= 11 is 4.45. The van der Waals surface area contributed by atoms with Gasteiger partial charge in [-0.3, -0.25) is 0 Å².